The second-order valence-electron chi connectivity index (χ2n) is 7.98. The Morgan fingerprint density at radius 3 is 2.77 bits per heavy atom. The first-order chi connectivity index (χ1) is 12.5. The van der Waals surface area contributed by atoms with Crippen molar-refractivity contribution in [2.75, 3.05) is 50.4 Å². The number of rotatable bonds is 2. The predicted molar refractivity (Wildman–Crippen MR) is 102 cm³/mol. The number of hydrogen-bond acceptors (Lipinski definition) is 6. The molecule has 3 heterocycles. The monoisotopic (exact) mass is 358 g/mol. The van der Waals surface area contributed by atoms with Gasteiger partial charge >= 0.3 is 0 Å². The van der Waals surface area contributed by atoms with Crippen molar-refractivity contribution in [1.29, 1.82) is 0 Å². The molecular formula is C19H30N6O. The van der Waals surface area contributed by atoms with E-state index in [1.54, 1.807) is 0 Å². The van der Waals surface area contributed by atoms with Crippen LogP contribution in [0.2, 0.25) is 0 Å². The van der Waals surface area contributed by atoms with Gasteiger partial charge in [-0.05, 0) is 46.1 Å². The molecule has 2 saturated heterocycles. The predicted octanol–water partition coefficient (Wildman–Crippen LogP) is 1.07. The van der Waals surface area contributed by atoms with E-state index in [0.29, 0.717) is 18.3 Å². The molecule has 1 aromatic heterocycles. The SMILES string of the molecule is CCN1CC[C@]2(CCC1=O)CN(c1nc(N)nc3c1CCC3)CCN2C. The fraction of sp³-hybridized carbons (Fsp3) is 0.737. The molecule has 7 heteroatoms. The topological polar surface area (TPSA) is 78.6 Å². The Kier molecular flexibility index (Phi) is 4.50. The van der Waals surface area contributed by atoms with E-state index < -0.39 is 0 Å². The van der Waals surface area contributed by atoms with Gasteiger partial charge in [0.2, 0.25) is 11.9 Å². The number of anilines is 2. The van der Waals surface area contributed by atoms with E-state index in [1.165, 1.54) is 5.56 Å². The van der Waals surface area contributed by atoms with Crippen molar-refractivity contribution in [1.82, 2.24) is 19.8 Å². The average Bonchev–Trinajstić information content (AvgIpc) is 3.03. The molecule has 1 atom stereocenters. The average molecular weight is 358 g/mol. The number of nitrogens with two attached hydrogens (primary N) is 1. The maximum Gasteiger partial charge on any atom is 0.222 e. The molecule has 142 valence electrons. The summed E-state index contributed by atoms with van der Waals surface area (Å²) >= 11 is 0. The van der Waals surface area contributed by atoms with Gasteiger partial charge in [-0.2, -0.15) is 4.98 Å². The number of hydrogen-bond donors (Lipinski definition) is 1. The molecule has 0 bridgehead atoms. The van der Waals surface area contributed by atoms with Crippen LogP contribution in [0.5, 0.6) is 0 Å². The normalized spacial score (nSPS) is 27.1. The third-order valence-electron chi connectivity index (χ3n) is 6.61. The van der Waals surface area contributed by atoms with Gasteiger partial charge in [0.15, 0.2) is 0 Å². The Morgan fingerprint density at radius 1 is 1.12 bits per heavy atom. The van der Waals surface area contributed by atoms with Crippen molar-refractivity contribution in [2.45, 2.75) is 51.0 Å². The minimum absolute atomic E-state index is 0.0308. The summed E-state index contributed by atoms with van der Waals surface area (Å²) in [6, 6.07) is 0. The van der Waals surface area contributed by atoms with Crippen LogP contribution in [-0.4, -0.2) is 71.0 Å². The van der Waals surface area contributed by atoms with E-state index >= 15 is 0 Å². The van der Waals surface area contributed by atoms with Gasteiger partial charge in [-0.15, -0.1) is 0 Å². The molecule has 7 nitrogen and oxygen atoms in total. The second-order valence-corrected chi connectivity index (χ2v) is 7.98. The van der Waals surface area contributed by atoms with Crippen LogP contribution in [0, 0.1) is 0 Å². The van der Waals surface area contributed by atoms with Crippen molar-refractivity contribution in [3.63, 3.8) is 0 Å². The van der Waals surface area contributed by atoms with Gasteiger partial charge in [0, 0.05) is 50.2 Å². The summed E-state index contributed by atoms with van der Waals surface area (Å²) in [7, 11) is 2.21. The van der Waals surface area contributed by atoms with Crippen LogP contribution in [0.15, 0.2) is 0 Å². The molecule has 3 aliphatic rings. The van der Waals surface area contributed by atoms with Crippen LogP contribution in [0.25, 0.3) is 0 Å². The number of nitrogens with zero attached hydrogens (tertiary/aromatic N) is 5. The molecule has 2 fully saturated rings. The lowest BCUT2D eigenvalue weighted by Crippen LogP contribution is -2.61. The number of aromatic nitrogens is 2. The maximum atomic E-state index is 12.4. The lowest BCUT2D eigenvalue weighted by Gasteiger charge is -2.50. The number of carbonyl (C=O) groups excluding carboxylic acids is 1. The van der Waals surface area contributed by atoms with Gasteiger partial charge < -0.3 is 15.5 Å². The van der Waals surface area contributed by atoms with Crippen molar-refractivity contribution in [3.8, 4) is 0 Å². The third kappa shape index (κ3) is 2.92. The smallest absolute Gasteiger partial charge is 0.222 e. The first kappa shape index (κ1) is 17.5. The number of likely N-dealkylation sites (tertiary alicyclic amines) is 1. The minimum Gasteiger partial charge on any atom is -0.368 e. The lowest BCUT2D eigenvalue weighted by atomic mass is 9.86. The van der Waals surface area contributed by atoms with Gasteiger partial charge in [0.05, 0.1) is 5.69 Å². The van der Waals surface area contributed by atoms with Crippen molar-refractivity contribution in [2.24, 2.45) is 0 Å². The Morgan fingerprint density at radius 2 is 1.96 bits per heavy atom. The molecule has 0 radical (unpaired) electrons. The van der Waals surface area contributed by atoms with Crippen LogP contribution >= 0.6 is 0 Å². The van der Waals surface area contributed by atoms with Crippen LogP contribution in [0.1, 0.15) is 43.9 Å². The highest BCUT2D eigenvalue weighted by Gasteiger charge is 2.43. The molecule has 1 aromatic rings. The van der Waals surface area contributed by atoms with Crippen LogP contribution < -0.4 is 10.6 Å². The first-order valence-corrected chi connectivity index (χ1v) is 9.91. The zero-order valence-electron chi connectivity index (χ0n) is 16.0. The quantitative estimate of drug-likeness (QED) is 0.852. The molecule has 0 aromatic carbocycles. The van der Waals surface area contributed by atoms with E-state index in [-0.39, 0.29) is 5.54 Å². The third-order valence-corrected chi connectivity index (χ3v) is 6.61. The zero-order valence-corrected chi connectivity index (χ0v) is 16.0. The number of likely N-dealkylation sites (N-methyl/N-ethyl adjacent to an activating group) is 1. The number of fused-ring (bicyclic) bond motifs is 1. The molecular weight excluding hydrogens is 328 g/mol. The fourth-order valence-corrected chi connectivity index (χ4v) is 4.90. The van der Waals surface area contributed by atoms with E-state index in [1.807, 2.05) is 4.90 Å². The highest BCUT2D eigenvalue weighted by atomic mass is 16.2. The minimum atomic E-state index is 0.0308. The summed E-state index contributed by atoms with van der Waals surface area (Å²) in [4.78, 5) is 28.4. The molecule has 1 aliphatic carbocycles. The Labute approximate surface area is 155 Å². The van der Waals surface area contributed by atoms with Gasteiger partial charge in [-0.3, -0.25) is 9.69 Å². The van der Waals surface area contributed by atoms with Gasteiger partial charge in [0.25, 0.3) is 0 Å². The van der Waals surface area contributed by atoms with Crippen molar-refractivity contribution < 1.29 is 4.79 Å². The summed E-state index contributed by atoms with van der Waals surface area (Å²) in [5.41, 5.74) is 8.46. The summed E-state index contributed by atoms with van der Waals surface area (Å²) in [6.45, 7) is 6.57. The fourth-order valence-electron chi connectivity index (χ4n) is 4.90. The maximum absolute atomic E-state index is 12.4. The van der Waals surface area contributed by atoms with E-state index in [0.717, 1.165) is 76.3 Å². The Balaban J connectivity index is 1.62. The van der Waals surface area contributed by atoms with Crippen molar-refractivity contribution >= 4 is 17.7 Å². The standard InChI is InChI=1S/C19H30N6O/c1-3-24-10-9-19(8-7-16(24)26)13-25(12-11-23(19)2)17-14-5-4-6-15(14)21-18(20)22-17/h3-13H2,1-2H3,(H2,20,21,22)/t19-/m1/s1. The van der Waals surface area contributed by atoms with E-state index in [4.69, 9.17) is 5.73 Å². The zero-order chi connectivity index (χ0) is 18.3. The van der Waals surface area contributed by atoms with Gasteiger partial charge in [0.1, 0.15) is 5.82 Å². The number of amides is 1. The number of nitrogen functional groups attached to an aromatic ring is 1. The number of aryl methyl sites for hydroxylation is 1. The molecule has 0 saturated carbocycles. The molecule has 2 aliphatic heterocycles. The largest absolute Gasteiger partial charge is 0.368 e. The van der Waals surface area contributed by atoms with Crippen LogP contribution in [0.4, 0.5) is 11.8 Å². The van der Waals surface area contributed by atoms with Gasteiger partial charge in [-0.25, -0.2) is 4.98 Å². The molecule has 0 unspecified atom stereocenters. The van der Waals surface area contributed by atoms with Crippen LogP contribution in [0.3, 0.4) is 0 Å². The lowest BCUT2D eigenvalue weighted by molar-refractivity contribution is -0.130. The molecule has 1 amide bonds. The summed E-state index contributed by atoms with van der Waals surface area (Å²) < 4.78 is 0. The second kappa shape index (κ2) is 6.68. The summed E-state index contributed by atoms with van der Waals surface area (Å²) in [5.74, 6) is 1.73. The summed E-state index contributed by atoms with van der Waals surface area (Å²) in [5, 5.41) is 0. The van der Waals surface area contributed by atoms with Crippen LogP contribution in [-0.2, 0) is 17.6 Å². The molecule has 26 heavy (non-hydrogen) atoms. The Bertz CT molecular complexity index is 708. The molecule has 1 spiro atoms. The number of carbonyl (C=O) groups is 1. The Hall–Kier alpha value is -1.89. The molecule has 4 rings (SSSR count). The highest BCUT2D eigenvalue weighted by Crippen LogP contribution is 2.36. The van der Waals surface area contributed by atoms with E-state index in [2.05, 4.69) is 33.7 Å². The van der Waals surface area contributed by atoms with E-state index in [9.17, 15) is 4.79 Å². The van der Waals surface area contributed by atoms with Gasteiger partial charge in [-0.1, -0.05) is 0 Å². The highest BCUT2D eigenvalue weighted by molar-refractivity contribution is 5.76. The van der Waals surface area contributed by atoms with Crippen molar-refractivity contribution in [3.05, 3.63) is 11.3 Å². The number of piperazine rings is 1. The molecule has 2 N–H and O–H groups in total. The first-order valence-electron chi connectivity index (χ1n) is 9.91. The summed E-state index contributed by atoms with van der Waals surface area (Å²) in [6.07, 6.45) is 5.76.